The maximum Gasteiger partial charge on any atom is 0.340 e. The number of ether oxygens (including phenoxy) is 1. The second-order valence-corrected chi connectivity index (χ2v) is 5.62. The predicted molar refractivity (Wildman–Crippen MR) is 101 cm³/mol. The Morgan fingerprint density at radius 3 is 2.58 bits per heavy atom. The van der Waals surface area contributed by atoms with Crippen LogP contribution in [0, 0.1) is 6.92 Å². The van der Waals surface area contributed by atoms with Gasteiger partial charge in [-0.15, -0.1) is 0 Å². The molecule has 0 aliphatic carbocycles. The van der Waals surface area contributed by atoms with Gasteiger partial charge in [-0.3, -0.25) is 14.9 Å². The van der Waals surface area contributed by atoms with Crippen molar-refractivity contribution in [2.75, 3.05) is 6.61 Å². The number of aliphatic imine (C=N–C) groups is 1. The van der Waals surface area contributed by atoms with E-state index in [1.165, 1.54) is 10.9 Å². The first-order valence-electron chi connectivity index (χ1n) is 8.29. The number of aromatic nitrogens is 2. The number of nitrogens with zero attached hydrogens (tertiary/aromatic N) is 2. The summed E-state index contributed by atoms with van der Waals surface area (Å²) in [6, 6.07) is 16.2. The summed E-state index contributed by atoms with van der Waals surface area (Å²) >= 11 is 0. The summed E-state index contributed by atoms with van der Waals surface area (Å²) in [6.07, 6.45) is 1.48. The zero-order valence-corrected chi connectivity index (χ0v) is 14.6. The van der Waals surface area contributed by atoms with Gasteiger partial charge in [0.25, 0.3) is 5.56 Å². The maximum absolute atomic E-state index is 12.7. The van der Waals surface area contributed by atoms with E-state index in [1.807, 2.05) is 30.3 Å². The van der Waals surface area contributed by atoms with E-state index in [2.05, 4.69) is 10.1 Å². The molecule has 6 nitrogen and oxygen atoms in total. The van der Waals surface area contributed by atoms with Crippen molar-refractivity contribution in [3.63, 3.8) is 0 Å². The number of carbonyl (C=O) groups excluding carboxylic acids is 1. The molecule has 0 aliphatic rings. The van der Waals surface area contributed by atoms with Crippen LogP contribution in [0.5, 0.6) is 0 Å². The standard InChI is InChI=1S/C20H19N3O3/c1-3-26-20(25)16-11-7-8-12-18(16)21-13-17-14(2)22-23(19(17)24)15-9-5-4-6-10-15/h4-13,22H,3H2,1-2H3. The van der Waals surface area contributed by atoms with E-state index in [4.69, 9.17) is 4.74 Å². The van der Waals surface area contributed by atoms with Crippen LogP contribution in [-0.4, -0.2) is 28.6 Å². The summed E-state index contributed by atoms with van der Waals surface area (Å²) in [5, 5.41) is 3.04. The Morgan fingerprint density at radius 2 is 1.85 bits per heavy atom. The Labute approximate surface area is 150 Å². The lowest BCUT2D eigenvalue weighted by Crippen LogP contribution is -2.17. The fraction of sp³-hybridized carbons (Fsp3) is 0.150. The molecule has 0 saturated heterocycles. The third-order valence-corrected chi connectivity index (χ3v) is 3.86. The quantitative estimate of drug-likeness (QED) is 0.566. The van der Waals surface area contributed by atoms with Gasteiger partial charge in [-0.25, -0.2) is 9.48 Å². The molecule has 3 rings (SSSR count). The van der Waals surface area contributed by atoms with Crippen LogP contribution in [0.15, 0.2) is 64.4 Å². The van der Waals surface area contributed by atoms with Crippen molar-refractivity contribution >= 4 is 17.9 Å². The topological polar surface area (TPSA) is 76.4 Å². The molecule has 26 heavy (non-hydrogen) atoms. The molecule has 3 aromatic rings. The lowest BCUT2D eigenvalue weighted by atomic mass is 10.2. The number of para-hydroxylation sites is 2. The van der Waals surface area contributed by atoms with Gasteiger partial charge in [0.2, 0.25) is 0 Å². The number of H-pyrrole nitrogens is 1. The van der Waals surface area contributed by atoms with Crippen molar-refractivity contribution < 1.29 is 9.53 Å². The SMILES string of the molecule is CCOC(=O)c1ccccc1N=Cc1c(C)[nH]n(-c2ccccc2)c1=O. The summed E-state index contributed by atoms with van der Waals surface area (Å²) < 4.78 is 6.51. The molecular weight excluding hydrogens is 330 g/mol. The van der Waals surface area contributed by atoms with Crippen LogP contribution in [0.3, 0.4) is 0 Å². The smallest absolute Gasteiger partial charge is 0.340 e. The van der Waals surface area contributed by atoms with E-state index in [0.717, 1.165) is 5.69 Å². The number of esters is 1. The van der Waals surface area contributed by atoms with Gasteiger partial charge >= 0.3 is 5.97 Å². The number of hydrogen-bond donors (Lipinski definition) is 1. The van der Waals surface area contributed by atoms with Crippen LogP contribution in [0.2, 0.25) is 0 Å². The summed E-state index contributed by atoms with van der Waals surface area (Å²) in [4.78, 5) is 29.1. The summed E-state index contributed by atoms with van der Waals surface area (Å²) in [5.74, 6) is -0.437. The molecule has 0 unspecified atom stereocenters. The number of hydrogen-bond acceptors (Lipinski definition) is 4. The van der Waals surface area contributed by atoms with Crippen LogP contribution in [0.1, 0.15) is 28.5 Å². The van der Waals surface area contributed by atoms with Crippen LogP contribution in [0.4, 0.5) is 5.69 Å². The van der Waals surface area contributed by atoms with Gasteiger partial charge in [0.05, 0.1) is 29.1 Å². The minimum atomic E-state index is -0.437. The van der Waals surface area contributed by atoms with E-state index >= 15 is 0 Å². The highest BCUT2D eigenvalue weighted by molar-refractivity contribution is 5.96. The highest BCUT2D eigenvalue weighted by Crippen LogP contribution is 2.19. The molecule has 0 spiro atoms. The molecule has 0 bridgehead atoms. The molecule has 1 N–H and O–H groups in total. The lowest BCUT2D eigenvalue weighted by molar-refractivity contribution is 0.0527. The molecule has 1 heterocycles. The van der Waals surface area contributed by atoms with Crippen molar-refractivity contribution in [2.24, 2.45) is 4.99 Å². The molecule has 0 fully saturated rings. The van der Waals surface area contributed by atoms with E-state index < -0.39 is 5.97 Å². The molecule has 6 heteroatoms. The molecular formula is C20H19N3O3. The van der Waals surface area contributed by atoms with Crippen molar-refractivity contribution in [3.8, 4) is 5.69 Å². The zero-order valence-electron chi connectivity index (χ0n) is 14.6. The maximum atomic E-state index is 12.7. The Bertz CT molecular complexity index is 1000. The average molecular weight is 349 g/mol. The predicted octanol–water partition coefficient (Wildman–Crippen LogP) is 3.40. The highest BCUT2D eigenvalue weighted by Gasteiger charge is 2.13. The van der Waals surface area contributed by atoms with E-state index in [0.29, 0.717) is 22.5 Å². The monoisotopic (exact) mass is 349 g/mol. The van der Waals surface area contributed by atoms with Crippen LogP contribution >= 0.6 is 0 Å². The highest BCUT2D eigenvalue weighted by atomic mass is 16.5. The van der Waals surface area contributed by atoms with E-state index in [9.17, 15) is 9.59 Å². The molecule has 1 aromatic heterocycles. The molecule has 0 radical (unpaired) electrons. The summed E-state index contributed by atoms with van der Waals surface area (Å²) in [7, 11) is 0. The number of nitrogens with one attached hydrogen (secondary N) is 1. The Balaban J connectivity index is 1.97. The van der Waals surface area contributed by atoms with Crippen LogP contribution < -0.4 is 5.56 Å². The van der Waals surface area contributed by atoms with E-state index in [-0.39, 0.29) is 12.2 Å². The number of aromatic amines is 1. The van der Waals surface area contributed by atoms with Gasteiger partial charge in [-0.1, -0.05) is 30.3 Å². The van der Waals surface area contributed by atoms with Gasteiger partial charge in [0, 0.05) is 11.9 Å². The summed E-state index contributed by atoms with van der Waals surface area (Å²) in [6.45, 7) is 3.84. The molecule has 2 aromatic carbocycles. The minimum Gasteiger partial charge on any atom is -0.462 e. The van der Waals surface area contributed by atoms with Crippen molar-refractivity contribution in [2.45, 2.75) is 13.8 Å². The zero-order chi connectivity index (χ0) is 18.5. The number of aryl methyl sites for hydroxylation is 1. The van der Waals surface area contributed by atoms with Crippen LogP contribution in [0.25, 0.3) is 5.69 Å². The fourth-order valence-corrected chi connectivity index (χ4v) is 2.57. The van der Waals surface area contributed by atoms with Gasteiger partial charge < -0.3 is 4.74 Å². The molecule has 0 amide bonds. The number of rotatable bonds is 5. The fourth-order valence-electron chi connectivity index (χ4n) is 2.57. The Morgan fingerprint density at radius 1 is 1.15 bits per heavy atom. The van der Waals surface area contributed by atoms with Crippen LogP contribution in [-0.2, 0) is 4.74 Å². The third-order valence-electron chi connectivity index (χ3n) is 3.86. The Hall–Kier alpha value is -3.41. The largest absolute Gasteiger partial charge is 0.462 e. The summed E-state index contributed by atoms with van der Waals surface area (Å²) in [5.41, 5.74) is 2.49. The van der Waals surface area contributed by atoms with Gasteiger partial charge in [-0.2, -0.15) is 0 Å². The first-order chi connectivity index (χ1) is 12.6. The molecule has 132 valence electrons. The normalized spacial score (nSPS) is 11.0. The van der Waals surface area contributed by atoms with E-state index in [1.54, 1.807) is 38.1 Å². The Kier molecular flexibility index (Phi) is 5.12. The van der Waals surface area contributed by atoms with Gasteiger partial charge in [-0.05, 0) is 38.1 Å². The molecule has 0 aliphatic heterocycles. The van der Waals surface area contributed by atoms with Crippen molar-refractivity contribution in [1.82, 2.24) is 9.78 Å². The second kappa shape index (κ2) is 7.65. The molecule has 0 atom stereocenters. The lowest BCUT2D eigenvalue weighted by Gasteiger charge is -2.04. The second-order valence-electron chi connectivity index (χ2n) is 5.62. The van der Waals surface area contributed by atoms with Gasteiger partial charge in [0.1, 0.15) is 0 Å². The number of carbonyl (C=O) groups is 1. The third kappa shape index (κ3) is 3.49. The first-order valence-corrected chi connectivity index (χ1v) is 8.29. The minimum absolute atomic E-state index is 0.203. The average Bonchev–Trinajstić information content (AvgIpc) is 2.95. The first kappa shape index (κ1) is 17.4. The number of benzene rings is 2. The molecule has 0 saturated carbocycles. The van der Waals surface area contributed by atoms with Crippen molar-refractivity contribution in [1.29, 1.82) is 0 Å². The van der Waals surface area contributed by atoms with Crippen molar-refractivity contribution in [3.05, 3.63) is 81.8 Å². The van der Waals surface area contributed by atoms with Gasteiger partial charge in [0.15, 0.2) is 0 Å².